The number of ether oxygens (including phenoxy) is 3. The summed E-state index contributed by atoms with van der Waals surface area (Å²) in [6.07, 6.45) is 0. The highest BCUT2D eigenvalue weighted by Gasteiger charge is 2.19. The molecule has 1 heterocycles. The largest absolute Gasteiger partial charge is 0.495 e. The molecule has 0 amide bonds. The van der Waals surface area contributed by atoms with Gasteiger partial charge in [0.1, 0.15) is 18.1 Å². The van der Waals surface area contributed by atoms with Crippen LogP contribution in [0.2, 0.25) is 0 Å². The zero-order valence-electron chi connectivity index (χ0n) is 19.1. The molecule has 0 spiro atoms. The van der Waals surface area contributed by atoms with Crippen LogP contribution in [0.25, 0.3) is 0 Å². The molecular weight excluding hydrogens is 435 g/mol. The molecule has 0 bridgehead atoms. The van der Waals surface area contributed by atoms with Gasteiger partial charge in [-0.1, -0.05) is 29.8 Å². The number of methoxy groups -OCH3 is 1. The summed E-state index contributed by atoms with van der Waals surface area (Å²) in [7, 11) is 1.73. The summed E-state index contributed by atoms with van der Waals surface area (Å²) in [4.78, 5) is 4.86. The van der Waals surface area contributed by atoms with E-state index in [-0.39, 0.29) is 24.8 Å². The van der Waals surface area contributed by atoms with Gasteiger partial charge in [0.25, 0.3) is 0 Å². The number of rotatable bonds is 9. The molecule has 31 heavy (non-hydrogen) atoms. The highest BCUT2D eigenvalue weighted by molar-refractivity contribution is 5.85. The Labute approximate surface area is 199 Å². The van der Waals surface area contributed by atoms with Crippen molar-refractivity contribution in [1.29, 1.82) is 0 Å². The van der Waals surface area contributed by atoms with E-state index < -0.39 is 0 Å². The van der Waals surface area contributed by atoms with E-state index in [1.54, 1.807) is 7.11 Å². The zero-order valence-corrected chi connectivity index (χ0v) is 20.7. The standard InChI is InChI=1S/C24H34N2O3.2ClH/c1-19-17-20(2)24(21(3)18-19)29-16-15-28-14-13-25-9-11-26(12-10-25)22-7-5-6-8-23(22)27-4;;/h5-8,17-18H,9-16H2,1-4H3;2*1H. The number of piperazine rings is 1. The molecule has 7 heteroatoms. The Balaban J connectivity index is 0.00000240. The van der Waals surface area contributed by atoms with Crippen molar-refractivity contribution in [2.45, 2.75) is 20.8 Å². The van der Waals surface area contributed by atoms with Gasteiger partial charge in [0.15, 0.2) is 0 Å². The molecule has 0 atom stereocenters. The van der Waals surface area contributed by atoms with Crippen LogP contribution in [0.5, 0.6) is 11.5 Å². The van der Waals surface area contributed by atoms with Gasteiger partial charge >= 0.3 is 0 Å². The van der Waals surface area contributed by atoms with Crippen molar-refractivity contribution < 1.29 is 14.2 Å². The van der Waals surface area contributed by atoms with E-state index in [0.29, 0.717) is 13.2 Å². The third-order valence-electron chi connectivity index (χ3n) is 5.43. The van der Waals surface area contributed by atoms with E-state index in [0.717, 1.165) is 50.8 Å². The van der Waals surface area contributed by atoms with Gasteiger partial charge in [-0.05, 0) is 44.0 Å². The van der Waals surface area contributed by atoms with E-state index in [9.17, 15) is 0 Å². The topological polar surface area (TPSA) is 34.2 Å². The Bertz CT molecular complexity index is 773. The van der Waals surface area contributed by atoms with E-state index in [2.05, 4.69) is 54.8 Å². The molecule has 0 N–H and O–H groups in total. The molecule has 2 aromatic rings. The molecular formula is C24H36Cl2N2O3. The van der Waals surface area contributed by atoms with Crippen molar-refractivity contribution in [3.05, 3.63) is 53.1 Å². The molecule has 0 unspecified atom stereocenters. The minimum Gasteiger partial charge on any atom is -0.495 e. The number of hydrogen-bond acceptors (Lipinski definition) is 5. The van der Waals surface area contributed by atoms with Crippen molar-refractivity contribution in [2.75, 3.05) is 64.6 Å². The molecule has 1 aliphatic rings. The van der Waals surface area contributed by atoms with Gasteiger partial charge in [-0.3, -0.25) is 4.90 Å². The summed E-state index contributed by atoms with van der Waals surface area (Å²) in [6.45, 7) is 13.3. The molecule has 2 aromatic carbocycles. The number of para-hydroxylation sites is 2. The molecule has 1 aliphatic heterocycles. The highest BCUT2D eigenvalue weighted by atomic mass is 35.5. The Morgan fingerprint density at radius 1 is 0.839 bits per heavy atom. The summed E-state index contributed by atoms with van der Waals surface area (Å²) in [5, 5.41) is 0. The summed E-state index contributed by atoms with van der Waals surface area (Å²) >= 11 is 0. The van der Waals surface area contributed by atoms with Crippen molar-refractivity contribution in [3.63, 3.8) is 0 Å². The summed E-state index contributed by atoms with van der Waals surface area (Å²) in [5.74, 6) is 1.94. The average molecular weight is 471 g/mol. The third kappa shape index (κ3) is 7.76. The normalized spacial score (nSPS) is 13.9. The van der Waals surface area contributed by atoms with Gasteiger partial charge < -0.3 is 19.1 Å². The smallest absolute Gasteiger partial charge is 0.142 e. The lowest BCUT2D eigenvalue weighted by Crippen LogP contribution is -2.47. The molecule has 1 saturated heterocycles. The van der Waals surface area contributed by atoms with Gasteiger partial charge in [-0.2, -0.15) is 0 Å². The maximum absolute atomic E-state index is 5.94. The Morgan fingerprint density at radius 3 is 2.13 bits per heavy atom. The molecule has 0 aromatic heterocycles. The fraction of sp³-hybridized carbons (Fsp3) is 0.500. The van der Waals surface area contributed by atoms with E-state index in [1.165, 1.54) is 22.4 Å². The molecule has 3 rings (SSSR count). The van der Waals surface area contributed by atoms with E-state index in [4.69, 9.17) is 14.2 Å². The number of anilines is 1. The first-order chi connectivity index (χ1) is 14.1. The van der Waals surface area contributed by atoms with Crippen molar-refractivity contribution in [2.24, 2.45) is 0 Å². The number of halogens is 2. The van der Waals surface area contributed by atoms with Gasteiger partial charge in [0.05, 0.1) is 26.0 Å². The Morgan fingerprint density at radius 2 is 1.48 bits per heavy atom. The first kappa shape index (κ1) is 27.4. The zero-order chi connectivity index (χ0) is 20.6. The second-order valence-electron chi connectivity index (χ2n) is 7.69. The predicted octanol–water partition coefficient (Wildman–Crippen LogP) is 4.68. The van der Waals surface area contributed by atoms with Crippen molar-refractivity contribution >= 4 is 30.5 Å². The highest BCUT2D eigenvalue weighted by Crippen LogP contribution is 2.28. The van der Waals surface area contributed by atoms with Gasteiger partial charge in [-0.15, -0.1) is 24.8 Å². The van der Waals surface area contributed by atoms with Crippen LogP contribution in [0.3, 0.4) is 0 Å². The number of hydrogen-bond donors (Lipinski definition) is 0. The van der Waals surface area contributed by atoms with Crippen LogP contribution in [0.15, 0.2) is 36.4 Å². The minimum absolute atomic E-state index is 0. The average Bonchev–Trinajstić information content (AvgIpc) is 2.72. The maximum Gasteiger partial charge on any atom is 0.142 e. The van der Waals surface area contributed by atoms with Crippen LogP contribution >= 0.6 is 24.8 Å². The first-order valence-electron chi connectivity index (χ1n) is 10.5. The van der Waals surface area contributed by atoms with Crippen molar-refractivity contribution in [1.82, 2.24) is 4.90 Å². The van der Waals surface area contributed by atoms with Crippen LogP contribution in [0.1, 0.15) is 16.7 Å². The third-order valence-corrected chi connectivity index (χ3v) is 5.43. The minimum atomic E-state index is 0. The fourth-order valence-electron chi connectivity index (χ4n) is 4.00. The molecule has 0 saturated carbocycles. The Hall–Kier alpha value is -1.66. The SMILES string of the molecule is COc1ccccc1N1CCN(CCOCCOc2c(C)cc(C)cc2C)CC1.Cl.Cl. The maximum atomic E-state index is 5.94. The van der Waals surface area contributed by atoms with E-state index >= 15 is 0 Å². The van der Waals surface area contributed by atoms with E-state index in [1.807, 2.05) is 12.1 Å². The predicted molar refractivity (Wildman–Crippen MR) is 133 cm³/mol. The van der Waals surface area contributed by atoms with Gasteiger partial charge in [0.2, 0.25) is 0 Å². The lowest BCUT2D eigenvalue weighted by molar-refractivity contribution is 0.0779. The Kier molecular flexibility index (Phi) is 12.1. The summed E-state index contributed by atoms with van der Waals surface area (Å²) in [6, 6.07) is 12.6. The summed E-state index contributed by atoms with van der Waals surface area (Å²) < 4.78 is 17.2. The molecule has 174 valence electrons. The van der Waals surface area contributed by atoms with Crippen LogP contribution in [0, 0.1) is 20.8 Å². The summed E-state index contributed by atoms with van der Waals surface area (Å²) in [5.41, 5.74) is 4.84. The fourth-order valence-corrected chi connectivity index (χ4v) is 4.00. The second-order valence-corrected chi connectivity index (χ2v) is 7.69. The van der Waals surface area contributed by atoms with Crippen LogP contribution in [-0.2, 0) is 4.74 Å². The number of nitrogens with zero attached hydrogens (tertiary/aromatic N) is 2. The van der Waals surface area contributed by atoms with Gasteiger partial charge in [0, 0.05) is 32.7 Å². The monoisotopic (exact) mass is 470 g/mol. The van der Waals surface area contributed by atoms with Crippen LogP contribution in [-0.4, -0.2) is 64.6 Å². The van der Waals surface area contributed by atoms with Crippen LogP contribution in [0.4, 0.5) is 5.69 Å². The second kappa shape index (κ2) is 13.7. The molecule has 5 nitrogen and oxygen atoms in total. The first-order valence-corrected chi connectivity index (χ1v) is 10.5. The van der Waals surface area contributed by atoms with Crippen molar-refractivity contribution in [3.8, 4) is 11.5 Å². The molecule has 0 radical (unpaired) electrons. The lowest BCUT2D eigenvalue weighted by Gasteiger charge is -2.36. The van der Waals surface area contributed by atoms with Crippen LogP contribution < -0.4 is 14.4 Å². The molecule has 0 aliphatic carbocycles. The number of aryl methyl sites for hydroxylation is 3. The molecule has 1 fully saturated rings. The number of benzene rings is 2. The lowest BCUT2D eigenvalue weighted by atomic mass is 10.1. The quantitative estimate of drug-likeness (QED) is 0.496. The van der Waals surface area contributed by atoms with Gasteiger partial charge in [-0.25, -0.2) is 0 Å².